The van der Waals surface area contributed by atoms with Crippen LogP contribution in [0.3, 0.4) is 0 Å². The maximum Gasteiger partial charge on any atom is 0.407 e. The Morgan fingerprint density at radius 3 is 2.46 bits per heavy atom. The molecule has 0 fully saturated rings. The number of benzene rings is 1. The number of carbonyl (C=O) groups excluding carboxylic acids is 1. The highest BCUT2D eigenvalue weighted by atomic mass is 32.2. The first-order valence-corrected chi connectivity index (χ1v) is 9.32. The van der Waals surface area contributed by atoms with Crippen molar-refractivity contribution in [1.82, 2.24) is 10.0 Å². The van der Waals surface area contributed by atoms with Crippen molar-refractivity contribution in [2.45, 2.75) is 31.9 Å². The number of carboxylic acid groups (broad SMARTS) is 1. The normalized spacial score (nSPS) is 12.4. The molecule has 0 radical (unpaired) electrons. The SMILES string of the molecule is CS(=O)(=O)NC(CCCCNC(=O)OCc1ccccc1)C(=O)O. The summed E-state index contributed by atoms with van der Waals surface area (Å²) < 4.78 is 29.2. The van der Waals surface area contributed by atoms with Crippen LogP contribution in [-0.4, -0.2) is 44.4 Å². The van der Waals surface area contributed by atoms with Crippen LogP contribution in [0.15, 0.2) is 30.3 Å². The van der Waals surface area contributed by atoms with E-state index in [0.717, 1.165) is 11.8 Å². The molecule has 1 unspecified atom stereocenters. The van der Waals surface area contributed by atoms with Crippen LogP contribution in [0.25, 0.3) is 0 Å². The van der Waals surface area contributed by atoms with Crippen molar-refractivity contribution < 1.29 is 27.9 Å². The van der Waals surface area contributed by atoms with Gasteiger partial charge in [0.2, 0.25) is 10.0 Å². The van der Waals surface area contributed by atoms with Crippen molar-refractivity contribution in [3.63, 3.8) is 0 Å². The summed E-state index contributed by atoms with van der Waals surface area (Å²) >= 11 is 0. The molecule has 1 aromatic carbocycles. The maximum absolute atomic E-state index is 11.5. The number of ether oxygens (including phenoxy) is 1. The van der Waals surface area contributed by atoms with Crippen LogP contribution >= 0.6 is 0 Å². The lowest BCUT2D eigenvalue weighted by molar-refractivity contribution is -0.139. The summed E-state index contributed by atoms with van der Waals surface area (Å²) in [5, 5.41) is 11.5. The second kappa shape index (κ2) is 9.89. The molecule has 0 bridgehead atoms. The van der Waals surface area contributed by atoms with Gasteiger partial charge in [-0.3, -0.25) is 4.79 Å². The van der Waals surface area contributed by atoms with E-state index in [9.17, 15) is 18.0 Å². The van der Waals surface area contributed by atoms with Crippen molar-refractivity contribution >= 4 is 22.1 Å². The van der Waals surface area contributed by atoms with Gasteiger partial charge in [0.15, 0.2) is 0 Å². The molecule has 1 aromatic rings. The smallest absolute Gasteiger partial charge is 0.407 e. The standard InChI is InChI=1S/C15H22N2O6S/c1-24(21,22)17-13(14(18)19)9-5-6-10-16-15(20)23-11-12-7-3-2-4-8-12/h2-4,7-8,13,17H,5-6,9-11H2,1H3,(H,16,20)(H,18,19). The second-order valence-corrected chi connectivity index (χ2v) is 7.05. The minimum atomic E-state index is -3.58. The Kier molecular flexibility index (Phi) is 8.20. The fourth-order valence-electron chi connectivity index (χ4n) is 1.93. The molecule has 0 heterocycles. The molecule has 0 aromatic heterocycles. The zero-order chi connectivity index (χ0) is 18.0. The third kappa shape index (κ3) is 9.11. The molecule has 0 saturated heterocycles. The number of nitrogens with one attached hydrogen (secondary N) is 2. The van der Waals surface area contributed by atoms with Gasteiger partial charge in [-0.1, -0.05) is 30.3 Å². The molecule has 24 heavy (non-hydrogen) atoms. The average molecular weight is 358 g/mol. The van der Waals surface area contributed by atoms with Gasteiger partial charge in [0.25, 0.3) is 0 Å². The van der Waals surface area contributed by atoms with Gasteiger partial charge in [-0.15, -0.1) is 0 Å². The van der Waals surface area contributed by atoms with E-state index in [-0.39, 0.29) is 13.0 Å². The number of amides is 1. The van der Waals surface area contributed by atoms with E-state index in [2.05, 4.69) is 10.0 Å². The fraction of sp³-hybridized carbons (Fsp3) is 0.467. The third-order valence-electron chi connectivity index (χ3n) is 3.06. The largest absolute Gasteiger partial charge is 0.480 e. The Labute approximate surface area is 141 Å². The molecule has 3 N–H and O–H groups in total. The van der Waals surface area contributed by atoms with Gasteiger partial charge in [-0.25, -0.2) is 17.9 Å². The Bertz CT molecular complexity index is 633. The summed E-state index contributed by atoms with van der Waals surface area (Å²) in [4.78, 5) is 22.4. The summed E-state index contributed by atoms with van der Waals surface area (Å²) in [5.41, 5.74) is 0.879. The number of carbonyl (C=O) groups is 2. The highest BCUT2D eigenvalue weighted by Gasteiger charge is 2.20. The van der Waals surface area contributed by atoms with Gasteiger partial charge in [-0.05, 0) is 24.8 Å². The number of hydrogen-bond acceptors (Lipinski definition) is 5. The minimum Gasteiger partial charge on any atom is -0.480 e. The predicted molar refractivity (Wildman–Crippen MR) is 87.9 cm³/mol. The van der Waals surface area contributed by atoms with E-state index in [1.165, 1.54) is 0 Å². The Morgan fingerprint density at radius 1 is 1.21 bits per heavy atom. The number of rotatable bonds is 10. The molecule has 1 amide bonds. The van der Waals surface area contributed by atoms with Crippen molar-refractivity contribution in [2.24, 2.45) is 0 Å². The first kappa shape index (κ1) is 19.9. The van der Waals surface area contributed by atoms with Crippen LogP contribution in [0.2, 0.25) is 0 Å². The zero-order valence-electron chi connectivity index (χ0n) is 13.4. The van der Waals surface area contributed by atoms with Crippen LogP contribution in [0.4, 0.5) is 4.79 Å². The summed E-state index contributed by atoms with van der Waals surface area (Å²) in [7, 11) is -3.58. The second-order valence-electron chi connectivity index (χ2n) is 5.27. The van der Waals surface area contributed by atoms with Gasteiger partial charge < -0.3 is 15.2 Å². The van der Waals surface area contributed by atoms with Gasteiger partial charge in [-0.2, -0.15) is 0 Å². The third-order valence-corrected chi connectivity index (χ3v) is 3.77. The Morgan fingerprint density at radius 2 is 1.88 bits per heavy atom. The lowest BCUT2D eigenvalue weighted by Gasteiger charge is -2.12. The number of sulfonamides is 1. The van der Waals surface area contributed by atoms with Crippen molar-refractivity contribution in [1.29, 1.82) is 0 Å². The van der Waals surface area contributed by atoms with Crippen LogP contribution < -0.4 is 10.0 Å². The summed E-state index contributed by atoms with van der Waals surface area (Å²) in [6.45, 7) is 0.491. The molecule has 9 heteroatoms. The lowest BCUT2D eigenvalue weighted by atomic mass is 10.1. The molecular formula is C15H22N2O6S. The highest BCUT2D eigenvalue weighted by molar-refractivity contribution is 7.88. The monoisotopic (exact) mass is 358 g/mol. The van der Waals surface area contributed by atoms with Crippen LogP contribution in [-0.2, 0) is 26.2 Å². The molecule has 1 rings (SSSR count). The van der Waals surface area contributed by atoms with E-state index in [1.54, 1.807) is 0 Å². The van der Waals surface area contributed by atoms with Crippen LogP contribution in [0.1, 0.15) is 24.8 Å². The van der Waals surface area contributed by atoms with Gasteiger partial charge in [0, 0.05) is 6.54 Å². The molecule has 8 nitrogen and oxygen atoms in total. The molecule has 134 valence electrons. The molecule has 1 atom stereocenters. The van der Waals surface area contributed by atoms with E-state index < -0.39 is 28.1 Å². The lowest BCUT2D eigenvalue weighted by Crippen LogP contribution is -2.40. The summed E-state index contributed by atoms with van der Waals surface area (Å²) in [5.74, 6) is -1.23. The van der Waals surface area contributed by atoms with Gasteiger partial charge >= 0.3 is 12.1 Å². The van der Waals surface area contributed by atoms with E-state index in [1.807, 2.05) is 30.3 Å². The molecular weight excluding hydrogens is 336 g/mol. The number of unbranched alkanes of at least 4 members (excludes halogenated alkanes) is 1. The number of carboxylic acids is 1. The number of hydrogen-bond donors (Lipinski definition) is 3. The summed E-state index contributed by atoms with van der Waals surface area (Å²) in [6, 6.07) is 8.08. The molecule has 0 saturated carbocycles. The average Bonchev–Trinajstić information content (AvgIpc) is 2.51. The predicted octanol–water partition coefficient (Wildman–Crippen LogP) is 1.09. The molecule has 0 aliphatic heterocycles. The maximum atomic E-state index is 11.5. The van der Waals surface area contributed by atoms with Gasteiger partial charge in [0.05, 0.1) is 6.26 Å². The van der Waals surface area contributed by atoms with Crippen molar-refractivity contribution in [3.8, 4) is 0 Å². The Balaban J connectivity index is 2.18. The van der Waals surface area contributed by atoms with Crippen molar-refractivity contribution in [3.05, 3.63) is 35.9 Å². The Hall–Kier alpha value is -2.13. The topological polar surface area (TPSA) is 122 Å². The van der Waals surface area contributed by atoms with Gasteiger partial charge in [0.1, 0.15) is 12.6 Å². The zero-order valence-corrected chi connectivity index (χ0v) is 14.2. The summed E-state index contributed by atoms with van der Waals surface area (Å²) in [6.07, 6.45) is 1.45. The van der Waals surface area contributed by atoms with E-state index in [4.69, 9.17) is 9.84 Å². The molecule has 0 spiro atoms. The van der Waals surface area contributed by atoms with E-state index in [0.29, 0.717) is 19.4 Å². The highest BCUT2D eigenvalue weighted by Crippen LogP contribution is 2.03. The first-order valence-electron chi connectivity index (χ1n) is 7.42. The first-order chi connectivity index (χ1) is 11.3. The van der Waals surface area contributed by atoms with Crippen molar-refractivity contribution in [2.75, 3.05) is 12.8 Å². The number of alkyl carbamates (subject to hydrolysis) is 1. The van der Waals surface area contributed by atoms with E-state index >= 15 is 0 Å². The molecule has 0 aliphatic rings. The van der Waals surface area contributed by atoms with Crippen LogP contribution in [0, 0.1) is 0 Å². The molecule has 0 aliphatic carbocycles. The number of aliphatic carboxylic acids is 1. The minimum absolute atomic E-state index is 0.142. The van der Waals surface area contributed by atoms with Crippen LogP contribution in [0.5, 0.6) is 0 Å². The fourth-order valence-corrected chi connectivity index (χ4v) is 2.66. The quantitative estimate of drug-likeness (QED) is 0.538.